The van der Waals surface area contributed by atoms with Gasteiger partial charge in [0.25, 0.3) is 0 Å². The minimum atomic E-state index is -1.03. The number of carbonyl (C=O) groups is 2. The summed E-state index contributed by atoms with van der Waals surface area (Å²) in [5.41, 5.74) is -0.533. The molecule has 0 aliphatic rings. The number of hydrogen-bond donors (Lipinski definition) is 2. The van der Waals surface area contributed by atoms with Crippen molar-refractivity contribution in [3.8, 4) is 0 Å². The van der Waals surface area contributed by atoms with Gasteiger partial charge in [0, 0.05) is 15.8 Å². The number of carbonyl (C=O) groups excluding carboxylic acids is 1. The molecular formula is C14H19NO3S. The third-order valence-corrected chi connectivity index (χ3v) is 3.53. The van der Waals surface area contributed by atoms with Crippen LogP contribution in [0.1, 0.15) is 30.5 Å². The van der Waals surface area contributed by atoms with Gasteiger partial charge in [0.15, 0.2) is 0 Å². The quantitative estimate of drug-likeness (QED) is 0.834. The Bertz CT molecular complexity index is 497. The van der Waals surface area contributed by atoms with Gasteiger partial charge in [-0.2, -0.15) is 0 Å². The van der Waals surface area contributed by atoms with Gasteiger partial charge in [-0.25, -0.2) is 4.79 Å². The first-order valence-electron chi connectivity index (χ1n) is 5.98. The molecule has 0 fully saturated rings. The van der Waals surface area contributed by atoms with E-state index in [1.54, 1.807) is 38.2 Å². The van der Waals surface area contributed by atoms with E-state index in [0.717, 1.165) is 9.75 Å². The van der Waals surface area contributed by atoms with Crippen LogP contribution >= 0.6 is 11.3 Å². The molecule has 1 aromatic heterocycles. The van der Waals surface area contributed by atoms with E-state index in [2.05, 4.69) is 5.32 Å². The Morgan fingerprint density at radius 2 is 2.00 bits per heavy atom. The molecule has 104 valence electrons. The van der Waals surface area contributed by atoms with Gasteiger partial charge in [0.1, 0.15) is 6.04 Å². The third kappa shape index (κ3) is 4.87. The third-order valence-electron chi connectivity index (χ3n) is 2.56. The van der Waals surface area contributed by atoms with E-state index >= 15 is 0 Å². The normalized spacial score (nSPS) is 13.5. The molecule has 0 saturated carbocycles. The molecule has 19 heavy (non-hydrogen) atoms. The first kappa shape index (κ1) is 15.4. The maximum atomic E-state index is 11.7. The van der Waals surface area contributed by atoms with Crippen molar-refractivity contribution in [1.29, 1.82) is 0 Å². The first-order valence-corrected chi connectivity index (χ1v) is 6.79. The highest BCUT2D eigenvalue weighted by Gasteiger charge is 2.31. The molecule has 1 amide bonds. The maximum Gasteiger partial charge on any atom is 0.326 e. The Kier molecular flexibility index (Phi) is 4.89. The van der Waals surface area contributed by atoms with Crippen LogP contribution in [-0.4, -0.2) is 23.0 Å². The lowest BCUT2D eigenvalue weighted by molar-refractivity contribution is -0.144. The van der Waals surface area contributed by atoms with Crippen LogP contribution in [0, 0.1) is 12.3 Å². The summed E-state index contributed by atoms with van der Waals surface area (Å²) in [6.07, 6.45) is 3.06. The first-order chi connectivity index (χ1) is 8.70. The Hall–Kier alpha value is -1.62. The molecule has 1 rings (SSSR count). The largest absolute Gasteiger partial charge is 0.480 e. The summed E-state index contributed by atoms with van der Waals surface area (Å²) in [5, 5.41) is 11.6. The Morgan fingerprint density at radius 1 is 1.37 bits per heavy atom. The van der Waals surface area contributed by atoms with Crippen molar-refractivity contribution in [2.24, 2.45) is 5.41 Å². The van der Waals surface area contributed by atoms with Crippen LogP contribution in [0.3, 0.4) is 0 Å². The van der Waals surface area contributed by atoms with Gasteiger partial charge in [-0.15, -0.1) is 11.3 Å². The number of aryl methyl sites for hydroxylation is 1. The average molecular weight is 281 g/mol. The second-order valence-electron chi connectivity index (χ2n) is 5.43. The molecule has 0 aliphatic heterocycles. The van der Waals surface area contributed by atoms with Crippen LogP contribution < -0.4 is 5.32 Å². The molecule has 1 heterocycles. The van der Waals surface area contributed by atoms with Crippen LogP contribution in [0.15, 0.2) is 18.2 Å². The van der Waals surface area contributed by atoms with Crippen LogP contribution in [0.25, 0.3) is 6.08 Å². The smallest absolute Gasteiger partial charge is 0.326 e. The van der Waals surface area contributed by atoms with E-state index in [1.807, 2.05) is 19.1 Å². The van der Waals surface area contributed by atoms with E-state index in [-0.39, 0.29) is 0 Å². The SMILES string of the molecule is Cc1ccc(/C=C/C(=O)N[C@@H](C(=O)O)C(C)(C)C)s1. The van der Waals surface area contributed by atoms with Crippen molar-refractivity contribution in [2.75, 3.05) is 0 Å². The van der Waals surface area contributed by atoms with Crippen molar-refractivity contribution in [1.82, 2.24) is 5.32 Å². The summed E-state index contributed by atoms with van der Waals surface area (Å²) in [5.74, 6) is -1.42. The summed E-state index contributed by atoms with van der Waals surface area (Å²) in [7, 11) is 0. The highest BCUT2D eigenvalue weighted by atomic mass is 32.1. The predicted octanol–water partition coefficient (Wildman–Crippen LogP) is 2.69. The monoisotopic (exact) mass is 281 g/mol. The Balaban J connectivity index is 2.68. The van der Waals surface area contributed by atoms with Crippen LogP contribution in [0.4, 0.5) is 0 Å². The van der Waals surface area contributed by atoms with Crippen LogP contribution in [0.2, 0.25) is 0 Å². The van der Waals surface area contributed by atoms with Crippen LogP contribution in [-0.2, 0) is 9.59 Å². The summed E-state index contributed by atoms with van der Waals surface area (Å²) in [6, 6.07) is 2.98. The lowest BCUT2D eigenvalue weighted by atomic mass is 9.87. The lowest BCUT2D eigenvalue weighted by Gasteiger charge is -2.27. The summed E-state index contributed by atoms with van der Waals surface area (Å²) in [4.78, 5) is 25.0. The van der Waals surface area contributed by atoms with Crippen molar-refractivity contribution >= 4 is 29.3 Å². The minimum Gasteiger partial charge on any atom is -0.480 e. The second-order valence-corrected chi connectivity index (χ2v) is 6.75. The number of aliphatic carboxylic acids is 1. The van der Waals surface area contributed by atoms with E-state index in [1.165, 1.54) is 6.08 Å². The fourth-order valence-electron chi connectivity index (χ4n) is 1.54. The maximum absolute atomic E-state index is 11.7. The number of thiophene rings is 1. The molecule has 0 aliphatic carbocycles. The summed E-state index contributed by atoms with van der Waals surface area (Å²) in [6.45, 7) is 7.32. The van der Waals surface area contributed by atoms with Gasteiger partial charge in [0.05, 0.1) is 0 Å². The summed E-state index contributed by atoms with van der Waals surface area (Å²) < 4.78 is 0. The number of hydrogen-bond acceptors (Lipinski definition) is 3. The average Bonchev–Trinajstić information content (AvgIpc) is 2.67. The van der Waals surface area contributed by atoms with Crippen molar-refractivity contribution in [3.63, 3.8) is 0 Å². The fourth-order valence-corrected chi connectivity index (χ4v) is 2.32. The molecule has 4 nitrogen and oxygen atoms in total. The number of nitrogens with one attached hydrogen (secondary N) is 1. The summed E-state index contributed by atoms with van der Waals surface area (Å²) >= 11 is 1.58. The van der Waals surface area contributed by atoms with E-state index in [4.69, 9.17) is 5.11 Å². The molecule has 0 spiro atoms. The Labute approximate surface area is 117 Å². The van der Waals surface area contributed by atoms with Crippen molar-refractivity contribution < 1.29 is 14.7 Å². The van der Waals surface area contributed by atoms with Crippen molar-refractivity contribution in [2.45, 2.75) is 33.7 Å². The van der Waals surface area contributed by atoms with Crippen molar-refractivity contribution in [3.05, 3.63) is 28.0 Å². The molecule has 0 unspecified atom stereocenters. The van der Waals surface area contributed by atoms with E-state index in [0.29, 0.717) is 0 Å². The molecule has 1 atom stereocenters. The van der Waals surface area contributed by atoms with Gasteiger partial charge in [-0.1, -0.05) is 20.8 Å². The Morgan fingerprint density at radius 3 is 2.42 bits per heavy atom. The van der Waals surface area contributed by atoms with Gasteiger partial charge < -0.3 is 10.4 Å². The topological polar surface area (TPSA) is 66.4 Å². The standard InChI is InChI=1S/C14H19NO3S/c1-9-5-6-10(19-9)7-8-11(16)15-12(13(17)18)14(2,3)4/h5-8,12H,1-4H3,(H,15,16)(H,17,18)/b8-7+/t12-/m0/s1. The lowest BCUT2D eigenvalue weighted by Crippen LogP contribution is -2.48. The van der Waals surface area contributed by atoms with Gasteiger partial charge in [0.2, 0.25) is 5.91 Å². The number of carboxylic acids is 1. The van der Waals surface area contributed by atoms with Gasteiger partial charge in [-0.05, 0) is 30.5 Å². The molecule has 0 aromatic carbocycles. The zero-order chi connectivity index (χ0) is 14.6. The molecule has 2 N–H and O–H groups in total. The number of amides is 1. The fraction of sp³-hybridized carbons (Fsp3) is 0.429. The van der Waals surface area contributed by atoms with Gasteiger partial charge in [-0.3, -0.25) is 4.79 Å². The number of rotatable bonds is 4. The van der Waals surface area contributed by atoms with E-state index in [9.17, 15) is 9.59 Å². The molecule has 5 heteroatoms. The minimum absolute atomic E-state index is 0.395. The molecule has 0 radical (unpaired) electrons. The molecular weight excluding hydrogens is 262 g/mol. The molecule has 0 saturated heterocycles. The highest BCUT2D eigenvalue weighted by Crippen LogP contribution is 2.20. The predicted molar refractivity (Wildman–Crippen MR) is 77.1 cm³/mol. The van der Waals surface area contributed by atoms with Gasteiger partial charge >= 0.3 is 5.97 Å². The molecule has 1 aromatic rings. The zero-order valence-corrected chi connectivity index (χ0v) is 12.4. The number of carboxylic acid groups (broad SMARTS) is 1. The zero-order valence-electron chi connectivity index (χ0n) is 11.6. The second kappa shape index (κ2) is 6.02. The van der Waals surface area contributed by atoms with E-state index < -0.39 is 23.3 Å². The molecule has 0 bridgehead atoms. The highest BCUT2D eigenvalue weighted by molar-refractivity contribution is 7.12. The van der Waals surface area contributed by atoms with Crippen LogP contribution in [0.5, 0.6) is 0 Å².